The maximum atomic E-state index is 12.2. The van der Waals surface area contributed by atoms with Crippen LogP contribution in [-0.2, 0) is 0 Å². The van der Waals surface area contributed by atoms with Crippen molar-refractivity contribution in [3.8, 4) is 0 Å². The van der Waals surface area contributed by atoms with Gasteiger partial charge in [-0.05, 0) is 25.1 Å². The minimum Gasteiger partial charge on any atom is -0.422 e. The normalized spacial score (nSPS) is 11.3. The summed E-state index contributed by atoms with van der Waals surface area (Å²) < 4.78 is 5.13. The highest BCUT2D eigenvalue weighted by molar-refractivity contribution is 6.01. The van der Waals surface area contributed by atoms with E-state index in [4.69, 9.17) is 4.42 Å². The number of hydrazone groups is 1. The second-order valence-corrected chi connectivity index (χ2v) is 5.95. The summed E-state index contributed by atoms with van der Waals surface area (Å²) in [5, 5.41) is 37.1. The molecule has 0 aliphatic heterocycles. The number of nitrogens with one attached hydrogen (secondary N) is 1. The third-order valence-electron chi connectivity index (χ3n) is 4.05. The summed E-state index contributed by atoms with van der Waals surface area (Å²) in [4.78, 5) is 42.9. The fourth-order valence-corrected chi connectivity index (χ4v) is 2.56. The number of anilines is 1. The van der Waals surface area contributed by atoms with Crippen LogP contribution in [0.3, 0.4) is 0 Å². The Hall–Kier alpha value is -4.68. The molecule has 1 heterocycles. The van der Waals surface area contributed by atoms with Gasteiger partial charge in [-0.15, -0.1) is 0 Å². The van der Waals surface area contributed by atoms with Crippen molar-refractivity contribution in [2.75, 3.05) is 5.43 Å². The van der Waals surface area contributed by atoms with Gasteiger partial charge in [-0.25, -0.2) is 4.79 Å². The van der Waals surface area contributed by atoms with Crippen LogP contribution in [-0.4, -0.2) is 20.5 Å². The van der Waals surface area contributed by atoms with Gasteiger partial charge in [-0.3, -0.25) is 35.8 Å². The van der Waals surface area contributed by atoms with Crippen molar-refractivity contribution < 1.29 is 19.2 Å². The number of nitro benzene ring substituents is 3. The van der Waals surface area contributed by atoms with Crippen LogP contribution < -0.4 is 11.1 Å². The van der Waals surface area contributed by atoms with Crippen LogP contribution in [0.4, 0.5) is 22.7 Å². The van der Waals surface area contributed by atoms with E-state index in [9.17, 15) is 35.1 Å². The predicted molar refractivity (Wildman–Crippen MR) is 105 cm³/mol. The quantitative estimate of drug-likeness (QED) is 0.274. The molecule has 0 spiro atoms. The Kier molecular flexibility index (Phi) is 5.18. The van der Waals surface area contributed by atoms with Crippen LogP contribution in [0.1, 0.15) is 12.5 Å². The van der Waals surface area contributed by atoms with Gasteiger partial charge >= 0.3 is 11.3 Å². The molecule has 0 saturated carbocycles. The van der Waals surface area contributed by atoms with Crippen molar-refractivity contribution in [2.24, 2.45) is 5.10 Å². The third kappa shape index (κ3) is 3.94. The Labute approximate surface area is 165 Å². The summed E-state index contributed by atoms with van der Waals surface area (Å²) in [5.74, 6) is 0. The molecule has 0 fully saturated rings. The second kappa shape index (κ2) is 7.75. The van der Waals surface area contributed by atoms with Crippen LogP contribution in [0.15, 0.2) is 56.8 Å². The maximum Gasteiger partial charge on any atom is 0.345 e. The zero-order valence-corrected chi connectivity index (χ0v) is 15.1. The smallest absolute Gasteiger partial charge is 0.345 e. The lowest BCUT2D eigenvalue weighted by molar-refractivity contribution is -0.393. The molecular weight excluding hydrogens is 402 g/mol. The Balaban J connectivity index is 1.99. The van der Waals surface area contributed by atoms with Crippen LogP contribution >= 0.6 is 0 Å². The lowest BCUT2D eigenvalue weighted by atomic mass is 10.1. The monoisotopic (exact) mass is 413 g/mol. The van der Waals surface area contributed by atoms with Crippen molar-refractivity contribution in [1.82, 2.24) is 0 Å². The first kappa shape index (κ1) is 20.1. The van der Waals surface area contributed by atoms with E-state index in [1.54, 1.807) is 0 Å². The number of nitro groups is 3. The number of non-ortho nitro benzene ring substituents is 2. The fourth-order valence-electron chi connectivity index (χ4n) is 2.56. The molecule has 0 unspecified atom stereocenters. The first-order valence-electron chi connectivity index (χ1n) is 8.13. The highest BCUT2D eigenvalue weighted by Gasteiger charge is 2.19. The minimum atomic E-state index is -0.816. The van der Waals surface area contributed by atoms with E-state index in [0.29, 0.717) is 0 Å². The van der Waals surface area contributed by atoms with Gasteiger partial charge in [0.1, 0.15) is 11.3 Å². The van der Waals surface area contributed by atoms with Gasteiger partial charge in [0.05, 0.1) is 32.1 Å². The van der Waals surface area contributed by atoms with Crippen LogP contribution in [0, 0.1) is 30.3 Å². The summed E-state index contributed by atoms with van der Waals surface area (Å²) >= 11 is 0. The standard InChI is InChI=1S/C17H11N5O8/c1-9(18-19-14-4-2-12(21(26)27)8-15(14)22(28)29)13-7-10-6-11(20(24)25)3-5-16(10)30-17(13)23/h2-8,19H,1H3/b18-9-. The summed E-state index contributed by atoms with van der Waals surface area (Å²) in [7, 11) is 0. The molecular formula is C17H11N5O8. The third-order valence-corrected chi connectivity index (χ3v) is 4.05. The topological polar surface area (TPSA) is 184 Å². The Morgan fingerprint density at radius 1 is 0.933 bits per heavy atom. The van der Waals surface area contributed by atoms with E-state index in [1.165, 1.54) is 31.2 Å². The van der Waals surface area contributed by atoms with Crippen molar-refractivity contribution in [1.29, 1.82) is 0 Å². The molecule has 30 heavy (non-hydrogen) atoms. The molecule has 13 heteroatoms. The number of benzene rings is 2. The van der Waals surface area contributed by atoms with Gasteiger partial charge in [0, 0.05) is 23.6 Å². The molecule has 0 amide bonds. The number of rotatable bonds is 6. The molecule has 3 aromatic rings. The van der Waals surface area contributed by atoms with E-state index >= 15 is 0 Å². The van der Waals surface area contributed by atoms with Crippen LogP contribution in [0.2, 0.25) is 0 Å². The average Bonchev–Trinajstić information content (AvgIpc) is 2.70. The fraction of sp³-hybridized carbons (Fsp3) is 0.0588. The van der Waals surface area contributed by atoms with Gasteiger partial charge in [0.15, 0.2) is 0 Å². The van der Waals surface area contributed by atoms with E-state index < -0.39 is 31.8 Å². The molecule has 13 nitrogen and oxygen atoms in total. The summed E-state index contributed by atoms with van der Waals surface area (Å²) in [6, 6.07) is 8.01. The molecule has 0 aliphatic carbocycles. The number of hydrogen-bond acceptors (Lipinski definition) is 10. The lowest BCUT2D eigenvalue weighted by Gasteiger charge is -2.05. The molecule has 1 aromatic heterocycles. The SMILES string of the molecule is C/C(=N/Nc1ccc([N+](=O)[O-])cc1[N+](=O)[O-])c1cc2cc([N+](=O)[O-])ccc2oc1=O. The van der Waals surface area contributed by atoms with Gasteiger partial charge < -0.3 is 4.42 Å². The van der Waals surface area contributed by atoms with Crippen molar-refractivity contribution in [3.63, 3.8) is 0 Å². The molecule has 3 rings (SSSR count). The molecule has 1 N–H and O–H groups in total. The molecule has 0 saturated heterocycles. The highest BCUT2D eigenvalue weighted by atomic mass is 16.6. The highest BCUT2D eigenvalue weighted by Crippen LogP contribution is 2.29. The molecule has 0 aliphatic rings. The molecule has 2 aromatic carbocycles. The first-order valence-corrected chi connectivity index (χ1v) is 8.13. The zero-order chi connectivity index (χ0) is 22.0. The minimum absolute atomic E-state index is 0.0277. The van der Waals surface area contributed by atoms with E-state index in [1.807, 2.05) is 0 Å². The molecule has 0 bridgehead atoms. The van der Waals surface area contributed by atoms with Gasteiger partial charge in [-0.2, -0.15) is 5.10 Å². The Morgan fingerprint density at radius 2 is 1.57 bits per heavy atom. The predicted octanol–water partition coefficient (Wildman–Crippen LogP) is 3.35. The van der Waals surface area contributed by atoms with Gasteiger partial charge in [0.2, 0.25) is 0 Å². The Morgan fingerprint density at radius 3 is 2.20 bits per heavy atom. The maximum absolute atomic E-state index is 12.2. The molecule has 0 radical (unpaired) electrons. The van der Waals surface area contributed by atoms with Crippen molar-refractivity contribution >= 4 is 39.4 Å². The lowest BCUT2D eigenvalue weighted by Crippen LogP contribution is -2.13. The molecule has 0 atom stereocenters. The number of fused-ring (bicyclic) bond motifs is 1. The summed E-state index contributed by atoms with van der Waals surface area (Å²) in [6.45, 7) is 1.42. The van der Waals surface area contributed by atoms with Crippen molar-refractivity contribution in [3.05, 3.63) is 88.8 Å². The first-order chi connectivity index (χ1) is 14.2. The summed E-state index contributed by atoms with van der Waals surface area (Å²) in [6.07, 6.45) is 0. The molecule has 152 valence electrons. The largest absolute Gasteiger partial charge is 0.422 e. The van der Waals surface area contributed by atoms with E-state index in [0.717, 1.165) is 18.2 Å². The van der Waals surface area contributed by atoms with E-state index in [-0.39, 0.29) is 33.6 Å². The van der Waals surface area contributed by atoms with Crippen LogP contribution in [0.5, 0.6) is 0 Å². The summed E-state index contributed by atoms with van der Waals surface area (Å²) in [5.41, 5.74) is 0.438. The van der Waals surface area contributed by atoms with Gasteiger partial charge in [0.25, 0.3) is 11.4 Å². The number of hydrogen-bond donors (Lipinski definition) is 1. The average molecular weight is 413 g/mol. The van der Waals surface area contributed by atoms with E-state index in [2.05, 4.69) is 10.5 Å². The second-order valence-electron chi connectivity index (χ2n) is 5.95. The van der Waals surface area contributed by atoms with Crippen LogP contribution in [0.25, 0.3) is 11.0 Å². The Bertz CT molecular complexity index is 1300. The zero-order valence-electron chi connectivity index (χ0n) is 15.1. The van der Waals surface area contributed by atoms with Crippen molar-refractivity contribution in [2.45, 2.75) is 6.92 Å². The van der Waals surface area contributed by atoms with Gasteiger partial charge in [-0.1, -0.05) is 0 Å². The number of nitrogens with zero attached hydrogens (tertiary/aromatic N) is 4.